The molecule has 158 valence electrons. The summed E-state index contributed by atoms with van der Waals surface area (Å²) < 4.78 is 5.12. The van der Waals surface area contributed by atoms with Gasteiger partial charge in [-0.3, -0.25) is 14.6 Å². The van der Waals surface area contributed by atoms with E-state index < -0.39 is 0 Å². The van der Waals surface area contributed by atoms with E-state index in [-0.39, 0.29) is 17.7 Å². The van der Waals surface area contributed by atoms with Crippen molar-refractivity contribution in [3.05, 3.63) is 71.8 Å². The van der Waals surface area contributed by atoms with Gasteiger partial charge in [-0.2, -0.15) is 0 Å². The molecule has 9 heteroatoms. The zero-order valence-corrected chi connectivity index (χ0v) is 17.3. The molecular weight excluding hydrogens is 396 g/mol. The number of hydrogen-bond donors (Lipinski definition) is 1. The smallest absolute Gasteiger partial charge is 0.274 e. The number of hydrogen-bond acceptors (Lipinski definition) is 7. The topological polar surface area (TPSA) is 110 Å². The third kappa shape index (κ3) is 4.50. The zero-order valence-electron chi connectivity index (χ0n) is 17.3. The fourth-order valence-electron chi connectivity index (χ4n) is 3.50. The minimum Gasteiger partial charge on any atom is -0.497 e. The summed E-state index contributed by atoms with van der Waals surface area (Å²) in [6.07, 6.45) is 6.80. The maximum Gasteiger partial charge on any atom is 0.274 e. The Labute approximate surface area is 179 Å². The van der Waals surface area contributed by atoms with Crippen LogP contribution in [0, 0.1) is 6.92 Å². The standard InChI is InChI=1S/C22H22N6O3/c1-14-18(21(29)27-16-3-5-17(31-2)6-4-16)11-25-20(26-14)15-7-10-28(13-15)22(30)19-12-23-8-9-24-19/h3-6,8-9,11-12,15H,7,10,13H2,1-2H3,(H,27,29)/t15-/m1/s1. The van der Waals surface area contributed by atoms with Gasteiger partial charge in [-0.05, 0) is 37.6 Å². The van der Waals surface area contributed by atoms with Gasteiger partial charge in [0.2, 0.25) is 0 Å². The van der Waals surface area contributed by atoms with Gasteiger partial charge in [0.1, 0.15) is 17.3 Å². The van der Waals surface area contributed by atoms with Crippen molar-refractivity contribution in [1.82, 2.24) is 24.8 Å². The number of amides is 2. The average molecular weight is 418 g/mol. The van der Waals surface area contributed by atoms with Crippen molar-refractivity contribution >= 4 is 17.5 Å². The summed E-state index contributed by atoms with van der Waals surface area (Å²) >= 11 is 0. The first kappa shape index (κ1) is 20.4. The van der Waals surface area contributed by atoms with E-state index in [0.29, 0.717) is 47.3 Å². The van der Waals surface area contributed by atoms with E-state index in [1.807, 2.05) is 0 Å². The molecule has 1 aromatic carbocycles. The van der Waals surface area contributed by atoms with Crippen LogP contribution in [0.25, 0.3) is 0 Å². The van der Waals surface area contributed by atoms with Gasteiger partial charge in [-0.15, -0.1) is 0 Å². The second-order valence-electron chi connectivity index (χ2n) is 7.24. The third-order valence-electron chi connectivity index (χ3n) is 5.21. The number of aromatic nitrogens is 4. The number of carbonyl (C=O) groups excluding carboxylic acids is 2. The maximum absolute atomic E-state index is 12.6. The Balaban J connectivity index is 1.42. The van der Waals surface area contributed by atoms with E-state index in [1.165, 1.54) is 18.6 Å². The first-order valence-corrected chi connectivity index (χ1v) is 9.89. The Kier molecular flexibility index (Phi) is 5.83. The van der Waals surface area contributed by atoms with Crippen molar-refractivity contribution in [3.8, 4) is 5.75 Å². The molecule has 9 nitrogen and oxygen atoms in total. The van der Waals surface area contributed by atoms with Crippen molar-refractivity contribution < 1.29 is 14.3 Å². The minimum absolute atomic E-state index is 0.0121. The van der Waals surface area contributed by atoms with E-state index in [0.717, 1.165) is 6.42 Å². The molecule has 1 aliphatic rings. The normalized spacial score (nSPS) is 15.5. The Bertz CT molecular complexity index is 1090. The molecular formula is C22H22N6O3. The van der Waals surface area contributed by atoms with E-state index in [2.05, 4.69) is 25.3 Å². The molecule has 1 aliphatic heterocycles. The molecule has 1 fully saturated rings. The van der Waals surface area contributed by atoms with Crippen molar-refractivity contribution in [3.63, 3.8) is 0 Å². The number of rotatable bonds is 5. The van der Waals surface area contributed by atoms with Crippen LogP contribution < -0.4 is 10.1 Å². The maximum atomic E-state index is 12.6. The van der Waals surface area contributed by atoms with Crippen LogP contribution in [-0.2, 0) is 0 Å². The van der Waals surface area contributed by atoms with Gasteiger partial charge in [-0.25, -0.2) is 15.0 Å². The van der Waals surface area contributed by atoms with Crippen LogP contribution in [0.4, 0.5) is 5.69 Å². The molecule has 0 spiro atoms. The van der Waals surface area contributed by atoms with E-state index in [4.69, 9.17) is 4.74 Å². The lowest BCUT2D eigenvalue weighted by Crippen LogP contribution is -2.29. The summed E-state index contributed by atoms with van der Waals surface area (Å²) in [5.74, 6) is 0.930. The highest BCUT2D eigenvalue weighted by molar-refractivity contribution is 6.04. The van der Waals surface area contributed by atoms with Gasteiger partial charge >= 0.3 is 0 Å². The molecule has 0 saturated carbocycles. The first-order valence-electron chi connectivity index (χ1n) is 9.89. The Morgan fingerprint density at radius 1 is 1.13 bits per heavy atom. The summed E-state index contributed by atoms with van der Waals surface area (Å²) in [5.41, 5.74) is 1.98. The molecule has 0 bridgehead atoms. The van der Waals surface area contributed by atoms with Gasteiger partial charge in [-0.1, -0.05) is 0 Å². The molecule has 1 saturated heterocycles. The van der Waals surface area contributed by atoms with Crippen LogP contribution in [0.1, 0.15) is 44.7 Å². The molecule has 0 unspecified atom stereocenters. The molecule has 3 heterocycles. The lowest BCUT2D eigenvalue weighted by molar-refractivity contribution is 0.0784. The SMILES string of the molecule is COc1ccc(NC(=O)c2cnc([C@@H]3CCN(C(=O)c4cnccn4)C3)nc2C)cc1. The second kappa shape index (κ2) is 8.86. The van der Waals surface area contributed by atoms with Crippen molar-refractivity contribution in [1.29, 1.82) is 0 Å². The van der Waals surface area contributed by atoms with E-state index in [9.17, 15) is 9.59 Å². The monoisotopic (exact) mass is 418 g/mol. The number of ether oxygens (including phenoxy) is 1. The highest BCUT2D eigenvalue weighted by Gasteiger charge is 2.30. The summed E-state index contributed by atoms with van der Waals surface area (Å²) in [7, 11) is 1.59. The largest absolute Gasteiger partial charge is 0.497 e. The number of aryl methyl sites for hydroxylation is 1. The fraction of sp³-hybridized carbons (Fsp3) is 0.273. The predicted molar refractivity (Wildman–Crippen MR) is 113 cm³/mol. The summed E-state index contributed by atoms with van der Waals surface area (Å²) in [5, 5.41) is 2.84. The summed E-state index contributed by atoms with van der Waals surface area (Å²) in [4.78, 5) is 43.9. The van der Waals surface area contributed by atoms with Gasteiger partial charge < -0.3 is 15.0 Å². The lowest BCUT2D eigenvalue weighted by atomic mass is 10.1. The summed E-state index contributed by atoms with van der Waals surface area (Å²) in [6.45, 7) is 2.89. The van der Waals surface area contributed by atoms with E-state index >= 15 is 0 Å². The van der Waals surface area contributed by atoms with Crippen LogP contribution in [0.3, 0.4) is 0 Å². The predicted octanol–water partition coefficient (Wildman–Crippen LogP) is 2.47. The number of nitrogens with zero attached hydrogens (tertiary/aromatic N) is 5. The van der Waals surface area contributed by atoms with Crippen LogP contribution >= 0.6 is 0 Å². The van der Waals surface area contributed by atoms with E-state index in [1.54, 1.807) is 49.4 Å². The average Bonchev–Trinajstić information content (AvgIpc) is 3.30. The Morgan fingerprint density at radius 2 is 1.94 bits per heavy atom. The first-order chi connectivity index (χ1) is 15.0. The molecule has 3 aromatic rings. The van der Waals surface area contributed by atoms with Gasteiger partial charge in [0.25, 0.3) is 11.8 Å². The number of benzene rings is 1. The van der Waals surface area contributed by atoms with Gasteiger partial charge in [0, 0.05) is 43.3 Å². The highest BCUT2D eigenvalue weighted by atomic mass is 16.5. The van der Waals surface area contributed by atoms with Gasteiger partial charge in [0.15, 0.2) is 0 Å². The van der Waals surface area contributed by atoms with Crippen molar-refractivity contribution in [2.45, 2.75) is 19.3 Å². The van der Waals surface area contributed by atoms with Crippen LogP contribution in [0.15, 0.2) is 49.1 Å². The van der Waals surface area contributed by atoms with Crippen molar-refractivity contribution in [2.75, 3.05) is 25.5 Å². The molecule has 1 N–H and O–H groups in total. The van der Waals surface area contributed by atoms with Crippen LogP contribution in [0.2, 0.25) is 0 Å². The number of likely N-dealkylation sites (tertiary alicyclic amines) is 1. The highest BCUT2D eigenvalue weighted by Crippen LogP contribution is 2.26. The Morgan fingerprint density at radius 3 is 2.61 bits per heavy atom. The second-order valence-corrected chi connectivity index (χ2v) is 7.24. The molecule has 0 aliphatic carbocycles. The summed E-state index contributed by atoms with van der Waals surface area (Å²) in [6, 6.07) is 7.08. The lowest BCUT2D eigenvalue weighted by Gasteiger charge is -2.16. The Hall–Kier alpha value is -3.88. The van der Waals surface area contributed by atoms with Gasteiger partial charge in [0.05, 0.1) is 24.6 Å². The van der Waals surface area contributed by atoms with Crippen LogP contribution in [0.5, 0.6) is 5.75 Å². The fourth-order valence-corrected chi connectivity index (χ4v) is 3.50. The number of anilines is 1. The number of carbonyl (C=O) groups is 2. The molecule has 1 atom stereocenters. The zero-order chi connectivity index (χ0) is 21.8. The molecule has 4 rings (SSSR count). The van der Waals surface area contributed by atoms with Crippen molar-refractivity contribution in [2.24, 2.45) is 0 Å². The number of methoxy groups -OCH3 is 1. The molecule has 2 aromatic heterocycles. The minimum atomic E-state index is -0.278. The molecule has 0 radical (unpaired) electrons. The molecule has 31 heavy (non-hydrogen) atoms. The van der Waals surface area contributed by atoms with Crippen LogP contribution in [-0.4, -0.2) is 56.8 Å². The quantitative estimate of drug-likeness (QED) is 0.678. The molecule has 2 amide bonds. The third-order valence-corrected chi connectivity index (χ3v) is 5.21. The number of nitrogens with one attached hydrogen (secondary N) is 1.